The summed E-state index contributed by atoms with van der Waals surface area (Å²) in [7, 11) is 0. The Bertz CT molecular complexity index is 707. The summed E-state index contributed by atoms with van der Waals surface area (Å²) in [5, 5.41) is 0. The highest BCUT2D eigenvalue weighted by Crippen LogP contribution is 2.11. The second-order valence-corrected chi connectivity index (χ2v) is 7.34. The van der Waals surface area contributed by atoms with Gasteiger partial charge in [-0.05, 0) is 24.0 Å². The van der Waals surface area contributed by atoms with Crippen LogP contribution < -0.4 is 10.6 Å². The Balaban J connectivity index is 1.69. The van der Waals surface area contributed by atoms with Crippen molar-refractivity contribution in [2.24, 2.45) is 11.7 Å². The third-order valence-corrected chi connectivity index (χ3v) is 5.21. The Labute approximate surface area is 160 Å². The molecule has 1 aliphatic heterocycles. The zero-order valence-corrected chi connectivity index (χ0v) is 15.6. The van der Waals surface area contributed by atoms with Crippen LogP contribution in [0, 0.1) is 5.92 Å². The minimum Gasteiger partial charge on any atom is -0.369 e. The average molecular weight is 366 g/mol. The zero-order valence-electron chi connectivity index (χ0n) is 15.6. The highest BCUT2D eigenvalue weighted by atomic mass is 16.2. The van der Waals surface area contributed by atoms with Gasteiger partial charge in [0.05, 0.1) is 19.0 Å². The number of piperidine rings is 1. The van der Waals surface area contributed by atoms with E-state index in [2.05, 4.69) is 0 Å². The molecule has 1 heterocycles. The Kier molecular flexibility index (Phi) is 6.60. The maximum atomic E-state index is 13.1. The van der Waals surface area contributed by atoms with E-state index in [0.717, 1.165) is 35.4 Å². The number of hydrogen-bond donors (Lipinski definition) is 2. The number of likely N-dealkylation sites (tertiary alicyclic amines) is 1. The van der Waals surface area contributed by atoms with E-state index in [1.807, 2.05) is 65.6 Å². The number of nitrogens with two attached hydrogens (primary N) is 1. The molecule has 1 fully saturated rings. The standard InChI is InChI=1S/C22H27N3O2/c23-22(27)20-12-7-13-24(16-20)17-21(26)25(14-18-8-3-1-4-9-18)15-19-10-5-2-6-11-19/h1-6,8-11,20H,7,12-17H2,(H2,23,27)/p+1/t20-/m1/s1. The van der Waals surface area contributed by atoms with Crippen LogP contribution in [0.25, 0.3) is 0 Å². The van der Waals surface area contributed by atoms with Gasteiger partial charge in [-0.1, -0.05) is 60.7 Å². The van der Waals surface area contributed by atoms with Crippen molar-refractivity contribution in [2.45, 2.75) is 25.9 Å². The van der Waals surface area contributed by atoms with Crippen molar-refractivity contribution >= 4 is 11.8 Å². The smallest absolute Gasteiger partial charge is 0.278 e. The molecule has 1 saturated heterocycles. The van der Waals surface area contributed by atoms with Crippen molar-refractivity contribution < 1.29 is 14.5 Å². The largest absolute Gasteiger partial charge is 0.369 e. The molecule has 3 rings (SSSR count). The number of benzene rings is 2. The van der Waals surface area contributed by atoms with E-state index in [4.69, 9.17) is 5.73 Å². The molecule has 142 valence electrons. The number of nitrogens with zero attached hydrogens (tertiary/aromatic N) is 1. The first-order chi connectivity index (χ1) is 13.1. The molecule has 0 aliphatic carbocycles. The van der Waals surface area contributed by atoms with E-state index in [9.17, 15) is 9.59 Å². The van der Waals surface area contributed by atoms with Gasteiger partial charge in [-0.25, -0.2) is 0 Å². The lowest BCUT2D eigenvalue weighted by atomic mass is 9.97. The Morgan fingerprint density at radius 3 is 2.04 bits per heavy atom. The van der Waals surface area contributed by atoms with Crippen molar-refractivity contribution in [2.75, 3.05) is 19.6 Å². The molecule has 1 aliphatic rings. The van der Waals surface area contributed by atoms with Crippen LogP contribution in [0.5, 0.6) is 0 Å². The third kappa shape index (κ3) is 5.66. The molecule has 27 heavy (non-hydrogen) atoms. The topological polar surface area (TPSA) is 67.8 Å². The van der Waals surface area contributed by atoms with E-state index >= 15 is 0 Å². The predicted octanol–water partition coefficient (Wildman–Crippen LogP) is 0.996. The Hall–Kier alpha value is -2.66. The summed E-state index contributed by atoms with van der Waals surface area (Å²) in [5.74, 6) is -0.244. The van der Waals surface area contributed by atoms with E-state index in [1.54, 1.807) is 0 Å². The Morgan fingerprint density at radius 2 is 1.52 bits per heavy atom. The Morgan fingerprint density at radius 1 is 0.963 bits per heavy atom. The van der Waals surface area contributed by atoms with Gasteiger partial charge >= 0.3 is 0 Å². The summed E-state index contributed by atoms with van der Waals surface area (Å²) >= 11 is 0. The van der Waals surface area contributed by atoms with Crippen LogP contribution in [0.2, 0.25) is 0 Å². The van der Waals surface area contributed by atoms with Crippen LogP contribution in [-0.2, 0) is 22.7 Å². The number of quaternary nitrogens is 1. The van der Waals surface area contributed by atoms with Gasteiger partial charge in [0.25, 0.3) is 5.91 Å². The summed E-state index contributed by atoms with van der Waals surface area (Å²) in [6.07, 6.45) is 1.78. The SMILES string of the molecule is NC(=O)[C@@H]1CCC[NH+](CC(=O)N(Cc2ccccc2)Cc2ccccc2)C1. The van der Waals surface area contributed by atoms with E-state index in [-0.39, 0.29) is 17.7 Å². The number of hydrogen-bond acceptors (Lipinski definition) is 2. The molecule has 2 atom stereocenters. The normalized spacial score (nSPS) is 19.4. The van der Waals surface area contributed by atoms with Crippen molar-refractivity contribution in [1.29, 1.82) is 0 Å². The predicted molar refractivity (Wildman–Crippen MR) is 105 cm³/mol. The molecular formula is C22H28N3O2+. The molecule has 5 nitrogen and oxygen atoms in total. The lowest BCUT2D eigenvalue weighted by Gasteiger charge is -2.30. The summed E-state index contributed by atoms with van der Waals surface area (Å²) < 4.78 is 0. The maximum absolute atomic E-state index is 13.1. The molecule has 2 aromatic rings. The molecule has 1 unspecified atom stereocenters. The molecule has 5 heteroatoms. The number of carbonyl (C=O) groups is 2. The molecule has 0 saturated carbocycles. The van der Waals surface area contributed by atoms with Crippen LogP contribution in [0.4, 0.5) is 0 Å². The number of primary amides is 1. The molecule has 0 spiro atoms. The van der Waals surface area contributed by atoms with Crippen molar-refractivity contribution in [1.82, 2.24) is 4.90 Å². The molecule has 0 aromatic heterocycles. The lowest BCUT2D eigenvalue weighted by Crippen LogP contribution is -3.14. The molecule has 0 radical (unpaired) electrons. The van der Waals surface area contributed by atoms with Gasteiger partial charge in [0.2, 0.25) is 5.91 Å². The van der Waals surface area contributed by atoms with Crippen molar-refractivity contribution in [3.63, 3.8) is 0 Å². The summed E-state index contributed by atoms with van der Waals surface area (Å²) in [4.78, 5) is 27.7. The highest BCUT2D eigenvalue weighted by Gasteiger charge is 2.29. The summed E-state index contributed by atoms with van der Waals surface area (Å²) in [6, 6.07) is 20.1. The minimum atomic E-state index is -0.245. The van der Waals surface area contributed by atoms with Gasteiger partial charge < -0.3 is 15.5 Å². The number of rotatable bonds is 7. The van der Waals surface area contributed by atoms with E-state index < -0.39 is 0 Å². The van der Waals surface area contributed by atoms with E-state index in [1.165, 1.54) is 0 Å². The molecule has 3 N–H and O–H groups in total. The fraction of sp³-hybridized carbons (Fsp3) is 0.364. The van der Waals surface area contributed by atoms with Gasteiger partial charge in [-0.3, -0.25) is 9.59 Å². The van der Waals surface area contributed by atoms with Crippen LogP contribution >= 0.6 is 0 Å². The molecule has 2 aromatic carbocycles. The lowest BCUT2D eigenvalue weighted by molar-refractivity contribution is -0.899. The number of amides is 2. The minimum absolute atomic E-state index is 0.113. The second-order valence-electron chi connectivity index (χ2n) is 7.34. The fourth-order valence-electron chi connectivity index (χ4n) is 3.72. The third-order valence-electron chi connectivity index (χ3n) is 5.21. The highest BCUT2D eigenvalue weighted by molar-refractivity contribution is 5.78. The van der Waals surface area contributed by atoms with Crippen LogP contribution in [0.15, 0.2) is 60.7 Å². The zero-order chi connectivity index (χ0) is 19.1. The van der Waals surface area contributed by atoms with Crippen molar-refractivity contribution in [3.8, 4) is 0 Å². The summed E-state index contributed by atoms with van der Waals surface area (Å²) in [6.45, 7) is 3.15. The van der Waals surface area contributed by atoms with Gasteiger partial charge in [0, 0.05) is 13.1 Å². The van der Waals surface area contributed by atoms with Gasteiger partial charge in [-0.15, -0.1) is 0 Å². The monoisotopic (exact) mass is 366 g/mol. The fourth-order valence-corrected chi connectivity index (χ4v) is 3.72. The first-order valence-electron chi connectivity index (χ1n) is 9.60. The first kappa shape index (κ1) is 19.1. The molecule has 0 bridgehead atoms. The average Bonchev–Trinajstić information content (AvgIpc) is 2.69. The second kappa shape index (κ2) is 9.33. The number of nitrogens with one attached hydrogen (secondary N) is 1. The van der Waals surface area contributed by atoms with Crippen LogP contribution in [0.3, 0.4) is 0 Å². The van der Waals surface area contributed by atoms with Gasteiger partial charge in [0.15, 0.2) is 6.54 Å². The van der Waals surface area contributed by atoms with Crippen LogP contribution in [-0.4, -0.2) is 36.3 Å². The molecule has 2 amide bonds. The van der Waals surface area contributed by atoms with Crippen molar-refractivity contribution in [3.05, 3.63) is 71.8 Å². The van der Waals surface area contributed by atoms with E-state index in [0.29, 0.717) is 26.2 Å². The quantitative estimate of drug-likeness (QED) is 0.768. The number of carbonyl (C=O) groups excluding carboxylic acids is 2. The molecular weight excluding hydrogens is 338 g/mol. The van der Waals surface area contributed by atoms with Gasteiger partial charge in [-0.2, -0.15) is 0 Å². The van der Waals surface area contributed by atoms with Gasteiger partial charge in [0.1, 0.15) is 0 Å². The first-order valence-corrected chi connectivity index (χ1v) is 9.60. The summed E-state index contributed by atoms with van der Waals surface area (Å²) in [5.41, 5.74) is 7.71. The van der Waals surface area contributed by atoms with Crippen LogP contribution in [0.1, 0.15) is 24.0 Å². The maximum Gasteiger partial charge on any atom is 0.278 e.